The molecule has 0 amide bonds. The summed E-state index contributed by atoms with van der Waals surface area (Å²) < 4.78 is 5.37. The fourth-order valence-electron chi connectivity index (χ4n) is 2.31. The Kier molecular flexibility index (Phi) is 3.76. The minimum Gasteiger partial charge on any atom is -0.380 e. The zero-order valence-electron chi connectivity index (χ0n) is 10.6. The van der Waals surface area contributed by atoms with E-state index in [0.29, 0.717) is 0 Å². The Balaban J connectivity index is 2.20. The van der Waals surface area contributed by atoms with Gasteiger partial charge in [-0.2, -0.15) is 0 Å². The van der Waals surface area contributed by atoms with Crippen molar-refractivity contribution < 1.29 is 9.66 Å². The number of nitro groups is 1. The average molecular weight is 251 g/mol. The molecule has 2 heterocycles. The lowest BCUT2D eigenvalue weighted by molar-refractivity contribution is -0.385. The first-order valence-electron chi connectivity index (χ1n) is 6.00. The lowest BCUT2D eigenvalue weighted by atomic mass is 10.1. The average Bonchev–Trinajstić information content (AvgIpc) is 2.38. The number of aryl methyl sites for hydroxylation is 1. The maximum Gasteiger partial charge on any atom is 0.287 e. The van der Waals surface area contributed by atoms with Crippen LogP contribution in [0.5, 0.6) is 0 Å². The van der Waals surface area contributed by atoms with E-state index in [2.05, 4.69) is 9.88 Å². The zero-order chi connectivity index (χ0) is 13.1. The van der Waals surface area contributed by atoms with Crippen molar-refractivity contribution in [2.24, 2.45) is 0 Å². The third-order valence-corrected chi connectivity index (χ3v) is 3.26. The van der Waals surface area contributed by atoms with Crippen LogP contribution in [-0.2, 0) is 4.74 Å². The highest BCUT2D eigenvalue weighted by molar-refractivity contribution is 5.50. The maximum absolute atomic E-state index is 10.7. The molecule has 1 fully saturated rings. The largest absolute Gasteiger partial charge is 0.380 e. The lowest BCUT2D eigenvalue weighted by Crippen LogP contribution is -2.40. The van der Waals surface area contributed by atoms with Crippen molar-refractivity contribution in [1.82, 2.24) is 4.98 Å². The van der Waals surface area contributed by atoms with Crippen molar-refractivity contribution in [3.05, 3.63) is 27.9 Å². The topological polar surface area (TPSA) is 68.5 Å². The maximum atomic E-state index is 10.7. The van der Waals surface area contributed by atoms with Crippen molar-refractivity contribution in [1.29, 1.82) is 0 Å². The molecule has 1 aromatic rings. The van der Waals surface area contributed by atoms with E-state index in [9.17, 15) is 10.1 Å². The molecule has 0 N–H and O–H groups in total. The summed E-state index contributed by atoms with van der Waals surface area (Å²) in [6.07, 6.45) is 3.64. The first-order valence-corrected chi connectivity index (χ1v) is 6.00. The zero-order valence-corrected chi connectivity index (χ0v) is 10.6. The second-order valence-corrected chi connectivity index (χ2v) is 4.54. The molecule has 6 heteroatoms. The van der Waals surface area contributed by atoms with E-state index < -0.39 is 4.92 Å². The van der Waals surface area contributed by atoms with Crippen molar-refractivity contribution in [3.8, 4) is 0 Å². The van der Waals surface area contributed by atoms with Crippen LogP contribution in [-0.4, -0.2) is 36.2 Å². The van der Waals surface area contributed by atoms with Gasteiger partial charge in [0, 0.05) is 26.3 Å². The molecule has 6 nitrogen and oxygen atoms in total. The number of anilines is 1. The summed E-state index contributed by atoms with van der Waals surface area (Å²) in [6, 6.07) is 1.57. The molecule has 0 aromatic carbocycles. The van der Waals surface area contributed by atoms with Crippen molar-refractivity contribution in [3.63, 3.8) is 0 Å². The highest BCUT2D eigenvalue weighted by atomic mass is 16.6. The van der Waals surface area contributed by atoms with Crippen LogP contribution < -0.4 is 4.90 Å². The van der Waals surface area contributed by atoms with E-state index in [1.165, 1.54) is 6.20 Å². The molecule has 1 aromatic heterocycles. The molecular formula is C12H17N3O3. The summed E-state index contributed by atoms with van der Waals surface area (Å²) in [5.74, 6) is 0.822. The monoisotopic (exact) mass is 251 g/mol. The standard InChI is InChI=1S/C12H17N3O3/c1-9-6-10(15(16)17)7-13-12(9)14-5-3-4-11(8-14)18-2/h6-7,11H,3-5,8H2,1-2H3. The van der Waals surface area contributed by atoms with Crippen LogP contribution in [0.15, 0.2) is 12.3 Å². The van der Waals surface area contributed by atoms with Crippen molar-refractivity contribution in [2.75, 3.05) is 25.1 Å². The molecule has 0 saturated carbocycles. The van der Waals surface area contributed by atoms with Crippen LogP contribution in [0.1, 0.15) is 18.4 Å². The number of aromatic nitrogens is 1. The number of pyridine rings is 1. The lowest BCUT2D eigenvalue weighted by Gasteiger charge is -2.33. The summed E-state index contributed by atoms with van der Waals surface area (Å²) in [5, 5.41) is 10.7. The van der Waals surface area contributed by atoms with Crippen LogP contribution in [0, 0.1) is 17.0 Å². The highest BCUT2D eigenvalue weighted by Gasteiger charge is 2.22. The van der Waals surface area contributed by atoms with Gasteiger partial charge in [-0.05, 0) is 25.3 Å². The quantitative estimate of drug-likeness (QED) is 0.606. The van der Waals surface area contributed by atoms with Crippen LogP contribution in [0.2, 0.25) is 0 Å². The molecule has 0 bridgehead atoms. The van der Waals surface area contributed by atoms with Gasteiger partial charge in [0.05, 0.1) is 11.0 Å². The minimum absolute atomic E-state index is 0.0385. The van der Waals surface area contributed by atoms with Gasteiger partial charge in [-0.15, -0.1) is 0 Å². The second kappa shape index (κ2) is 5.30. The van der Waals surface area contributed by atoms with Crippen LogP contribution in [0.3, 0.4) is 0 Å². The van der Waals surface area contributed by atoms with Gasteiger partial charge in [-0.25, -0.2) is 4.98 Å². The van der Waals surface area contributed by atoms with Gasteiger partial charge in [0.25, 0.3) is 5.69 Å². The molecule has 1 unspecified atom stereocenters. The van der Waals surface area contributed by atoms with E-state index in [0.717, 1.165) is 37.3 Å². The van der Waals surface area contributed by atoms with Gasteiger partial charge in [-0.1, -0.05) is 0 Å². The van der Waals surface area contributed by atoms with Crippen molar-refractivity contribution in [2.45, 2.75) is 25.9 Å². The van der Waals surface area contributed by atoms with E-state index in [1.807, 2.05) is 6.92 Å². The normalized spacial score (nSPS) is 19.9. The van der Waals surface area contributed by atoms with Gasteiger partial charge in [0.1, 0.15) is 12.0 Å². The molecule has 1 atom stereocenters. The number of hydrogen-bond donors (Lipinski definition) is 0. The van der Waals surface area contributed by atoms with E-state index in [4.69, 9.17) is 4.74 Å². The summed E-state index contributed by atoms with van der Waals surface area (Å²) in [7, 11) is 1.71. The summed E-state index contributed by atoms with van der Waals surface area (Å²) in [6.45, 7) is 3.57. The number of piperidine rings is 1. The Bertz CT molecular complexity index is 450. The van der Waals surface area contributed by atoms with Crippen LogP contribution in [0.25, 0.3) is 0 Å². The second-order valence-electron chi connectivity index (χ2n) is 4.54. The fourth-order valence-corrected chi connectivity index (χ4v) is 2.31. The summed E-state index contributed by atoms with van der Waals surface area (Å²) >= 11 is 0. The van der Waals surface area contributed by atoms with Gasteiger partial charge in [0.2, 0.25) is 0 Å². The van der Waals surface area contributed by atoms with E-state index in [1.54, 1.807) is 13.2 Å². The van der Waals surface area contributed by atoms with Crippen molar-refractivity contribution >= 4 is 11.5 Å². The SMILES string of the molecule is COC1CCCN(c2ncc([N+](=O)[O-])cc2C)C1. The van der Waals surface area contributed by atoms with Crippen LogP contribution in [0.4, 0.5) is 11.5 Å². The Hall–Kier alpha value is -1.69. The first-order chi connectivity index (χ1) is 8.61. The molecule has 1 aliphatic rings. The summed E-state index contributed by atoms with van der Waals surface area (Å²) in [4.78, 5) is 16.6. The Morgan fingerprint density at radius 2 is 2.39 bits per heavy atom. The molecule has 18 heavy (non-hydrogen) atoms. The number of nitrogens with zero attached hydrogens (tertiary/aromatic N) is 3. The molecule has 0 radical (unpaired) electrons. The Morgan fingerprint density at radius 1 is 1.61 bits per heavy atom. The van der Waals surface area contributed by atoms with E-state index in [-0.39, 0.29) is 11.8 Å². The molecule has 98 valence electrons. The third-order valence-electron chi connectivity index (χ3n) is 3.26. The Morgan fingerprint density at radius 3 is 3.00 bits per heavy atom. The Labute approximate surface area is 106 Å². The molecule has 2 rings (SSSR count). The molecule has 0 spiro atoms. The van der Waals surface area contributed by atoms with Gasteiger partial charge in [0.15, 0.2) is 0 Å². The highest BCUT2D eigenvalue weighted by Crippen LogP contribution is 2.25. The van der Waals surface area contributed by atoms with Crippen LogP contribution >= 0.6 is 0 Å². The molecule has 1 saturated heterocycles. The summed E-state index contributed by atoms with van der Waals surface area (Å²) in [5.41, 5.74) is 0.873. The number of rotatable bonds is 3. The predicted octanol–water partition coefficient (Wildman–Crippen LogP) is 1.91. The van der Waals surface area contributed by atoms with Gasteiger partial charge in [-0.3, -0.25) is 10.1 Å². The molecule has 1 aliphatic heterocycles. The third kappa shape index (κ3) is 2.59. The smallest absolute Gasteiger partial charge is 0.287 e. The van der Waals surface area contributed by atoms with E-state index >= 15 is 0 Å². The number of hydrogen-bond acceptors (Lipinski definition) is 5. The number of methoxy groups -OCH3 is 1. The number of ether oxygens (including phenoxy) is 1. The molecule has 0 aliphatic carbocycles. The fraction of sp³-hybridized carbons (Fsp3) is 0.583. The first kappa shape index (κ1) is 12.8. The van der Waals surface area contributed by atoms with Gasteiger partial charge < -0.3 is 9.64 Å². The van der Waals surface area contributed by atoms with Gasteiger partial charge >= 0.3 is 0 Å². The molecular weight excluding hydrogens is 234 g/mol. The minimum atomic E-state index is -0.419. The predicted molar refractivity (Wildman–Crippen MR) is 67.9 cm³/mol.